The number of azo groups is 1. The van der Waals surface area contributed by atoms with Gasteiger partial charge in [0.05, 0.1) is 11.4 Å². The molecule has 0 unspecified atom stereocenters. The van der Waals surface area contributed by atoms with Crippen molar-refractivity contribution in [2.24, 2.45) is 10.2 Å². The molecule has 2 aromatic carbocycles. The third-order valence-corrected chi connectivity index (χ3v) is 3.35. The Morgan fingerprint density at radius 1 is 0.731 bits per heavy atom. The molecule has 0 spiro atoms. The van der Waals surface area contributed by atoms with Crippen LogP contribution in [0.1, 0.15) is 13.8 Å². The summed E-state index contributed by atoms with van der Waals surface area (Å²) in [6.45, 7) is 10.5. The molecule has 0 aliphatic rings. The SMILES string of the molecule is C=C(C)C(=O)Nc1ccccc1N=Nc1ccccc1NC(=O)C(=C)C. The van der Waals surface area contributed by atoms with Gasteiger partial charge in [-0.3, -0.25) is 9.59 Å². The van der Waals surface area contributed by atoms with E-state index in [2.05, 4.69) is 34.0 Å². The number of anilines is 2. The van der Waals surface area contributed by atoms with E-state index in [0.717, 1.165) is 0 Å². The van der Waals surface area contributed by atoms with E-state index in [9.17, 15) is 9.59 Å². The number of benzene rings is 2. The van der Waals surface area contributed by atoms with Crippen molar-refractivity contribution in [1.82, 2.24) is 0 Å². The minimum atomic E-state index is -0.290. The molecule has 0 atom stereocenters. The Labute approximate surface area is 152 Å². The Morgan fingerprint density at radius 3 is 1.42 bits per heavy atom. The van der Waals surface area contributed by atoms with E-state index in [1.165, 1.54) is 0 Å². The minimum Gasteiger partial charge on any atom is -0.320 e. The minimum absolute atomic E-state index is 0.290. The van der Waals surface area contributed by atoms with Crippen LogP contribution in [0.4, 0.5) is 22.7 Å². The summed E-state index contributed by atoms with van der Waals surface area (Å²) in [6.07, 6.45) is 0. The molecule has 132 valence electrons. The van der Waals surface area contributed by atoms with Gasteiger partial charge in [0.2, 0.25) is 0 Å². The molecular weight excluding hydrogens is 328 g/mol. The fourth-order valence-electron chi connectivity index (χ4n) is 1.90. The summed E-state index contributed by atoms with van der Waals surface area (Å²) < 4.78 is 0. The first-order valence-electron chi connectivity index (χ1n) is 7.92. The number of nitrogens with zero attached hydrogens (tertiary/aromatic N) is 2. The molecule has 0 radical (unpaired) electrons. The lowest BCUT2D eigenvalue weighted by Gasteiger charge is -2.08. The van der Waals surface area contributed by atoms with Crippen molar-refractivity contribution in [2.45, 2.75) is 13.8 Å². The Hall–Kier alpha value is -3.54. The summed E-state index contributed by atoms with van der Waals surface area (Å²) in [5.41, 5.74) is 2.81. The van der Waals surface area contributed by atoms with Crippen LogP contribution >= 0.6 is 0 Å². The molecule has 2 rings (SSSR count). The molecule has 0 bridgehead atoms. The van der Waals surface area contributed by atoms with Gasteiger partial charge in [0, 0.05) is 11.1 Å². The third-order valence-electron chi connectivity index (χ3n) is 3.35. The standard InChI is InChI=1S/C20H20N4O2/c1-13(2)19(25)21-15-9-5-7-11-17(15)23-24-18-12-8-6-10-16(18)22-20(26)14(3)4/h5-12H,1,3H2,2,4H3,(H,21,25)(H,22,26). The van der Waals surface area contributed by atoms with E-state index < -0.39 is 0 Å². The van der Waals surface area contributed by atoms with Crippen molar-refractivity contribution in [3.63, 3.8) is 0 Å². The second-order valence-corrected chi connectivity index (χ2v) is 5.70. The molecule has 26 heavy (non-hydrogen) atoms. The van der Waals surface area contributed by atoms with Crippen molar-refractivity contribution >= 4 is 34.6 Å². The van der Waals surface area contributed by atoms with Gasteiger partial charge in [0.1, 0.15) is 11.4 Å². The van der Waals surface area contributed by atoms with Crippen LogP contribution in [0, 0.1) is 0 Å². The number of hydrogen-bond donors (Lipinski definition) is 2. The van der Waals surface area contributed by atoms with Crippen LogP contribution in [0.2, 0.25) is 0 Å². The predicted octanol–water partition coefficient (Wildman–Crippen LogP) is 5.13. The average molecular weight is 348 g/mol. The lowest BCUT2D eigenvalue weighted by atomic mass is 10.2. The monoisotopic (exact) mass is 348 g/mol. The maximum Gasteiger partial charge on any atom is 0.250 e. The molecule has 0 saturated carbocycles. The average Bonchev–Trinajstić information content (AvgIpc) is 2.61. The van der Waals surface area contributed by atoms with Crippen molar-refractivity contribution in [3.05, 3.63) is 72.8 Å². The molecule has 0 aromatic heterocycles. The van der Waals surface area contributed by atoms with E-state index in [1.807, 2.05) is 0 Å². The maximum absolute atomic E-state index is 11.8. The number of hydrogen-bond acceptors (Lipinski definition) is 4. The Balaban J connectivity index is 2.28. The highest BCUT2D eigenvalue weighted by atomic mass is 16.2. The van der Waals surface area contributed by atoms with Crippen LogP contribution in [0.25, 0.3) is 0 Å². The van der Waals surface area contributed by atoms with E-state index in [-0.39, 0.29) is 11.8 Å². The van der Waals surface area contributed by atoms with Crippen LogP contribution in [0.5, 0.6) is 0 Å². The van der Waals surface area contributed by atoms with E-state index in [0.29, 0.717) is 33.9 Å². The van der Waals surface area contributed by atoms with E-state index >= 15 is 0 Å². The van der Waals surface area contributed by atoms with Gasteiger partial charge in [-0.05, 0) is 38.1 Å². The van der Waals surface area contributed by atoms with Gasteiger partial charge in [-0.25, -0.2) is 0 Å². The van der Waals surface area contributed by atoms with Crippen LogP contribution < -0.4 is 10.6 Å². The van der Waals surface area contributed by atoms with Gasteiger partial charge < -0.3 is 10.6 Å². The van der Waals surface area contributed by atoms with E-state index in [4.69, 9.17) is 0 Å². The molecule has 2 amide bonds. The highest BCUT2D eigenvalue weighted by molar-refractivity contribution is 6.05. The topological polar surface area (TPSA) is 82.9 Å². The molecular formula is C20H20N4O2. The van der Waals surface area contributed by atoms with E-state index in [1.54, 1.807) is 62.4 Å². The first-order chi connectivity index (χ1) is 12.4. The molecule has 2 aromatic rings. The summed E-state index contributed by atoms with van der Waals surface area (Å²) in [5.74, 6) is -0.580. The van der Waals surface area contributed by atoms with Gasteiger partial charge in [-0.1, -0.05) is 37.4 Å². The molecule has 0 aliphatic heterocycles. The summed E-state index contributed by atoms with van der Waals surface area (Å²) >= 11 is 0. The van der Waals surface area contributed by atoms with Crippen molar-refractivity contribution in [2.75, 3.05) is 10.6 Å². The largest absolute Gasteiger partial charge is 0.320 e. The fourth-order valence-corrected chi connectivity index (χ4v) is 1.90. The smallest absolute Gasteiger partial charge is 0.250 e. The normalized spacial score (nSPS) is 10.4. The van der Waals surface area contributed by atoms with Gasteiger partial charge in [-0.15, -0.1) is 10.2 Å². The second-order valence-electron chi connectivity index (χ2n) is 5.70. The summed E-state index contributed by atoms with van der Waals surface area (Å²) in [4.78, 5) is 23.7. The highest BCUT2D eigenvalue weighted by Gasteiger charge is 2.08. The molecule has 2 N–H and O–H groups in total. The molecule has 0 aliphatic carbocycles. The molecule has 6 heteroatoms. The van der Waals surface area contributed by atoms with Crippen LogP contribution in [-0.4, -0.2) is 11.8 Å². The number of carbonyl (C=O) groups excluding carboxylic acids is 2. The number of amides is 2. The maximum atomic E-state index is 11.8. The molecule has 0 saturated heterocycles. The molecule has 6 nitrogen and oxygen atoms in total. The fraction of sp³-hybridized carbons (Fsp3) is 0.100. The summed E-state index contributed by atoms with van der Waals surface area (Å²) in [6, 6.07) is 14.1. The Bertz CT molecular complexity index is 827. The lowest BCUT2D eigenvalue weighted by molar-refractivity contribution is -0.113. The number of para-hydroxylation sites is 2. The lowest BCUT2D eigenvalue weighted by Crippen LogP contribution is -2.11. The van der Waals surface area contributed by atoms with Crippen LogP contribution in [0.3, 0.4) is 0 Å². The summed E-state index contributed by atoms with van der Waals surface area (Å²) in [5, 5.41) is 13.9. The van der Waals surface area contributed by atoms with Crippen LogP contribution in [0.15, 0.2) is 83.1 Å². The van der Waals surface area contributed by atoms with Crippen molar-refractivity contribution < 1.29 is 9.59 Å². The zero-order valence-electron chi connectivity index (χ0n) is 14.7. The Kier molecular flexibility index (Phi) is 6.16. The quantitative estimate of drug-likeness (QED) is 0.560. The zero-order chi connectivity index (χ0) is 19.1. The van der Waals surface area contributed by atoms with Crippen molar-refractivity contribution in [3.8, 4) is 0 Å². The molecule has 0 heterocycles. The van der Waals surface area contributed by atoms with Crippen molar-refractivity contribution in [1.29, 1.82) is 0 Å². The summed E-state index contributed by atoms with van der Waals surface area (Å²) in [7, 11) is 0. The van der Waals surface area contributed by atoms with Gasteiger partial charge >= 0.3 is 0 Å². The zero-order valence-corrected chi connectivity index (χ0v) is 14.7. The second kappa shape index (κ2) is 8.53. The van der Waals surface area contributed by atoms with Gasteiger partial charge in [0.15, 0.2) is 0 Å². The highest BCUT2D eigenvalue weighted by Crippen LogP contribution is 2.30. The molecule has 0 fully saturated rings. The number of rotatable bonds is 6. The first-order valence-corrected chi connectivity index (χ1v) is 7.92. The Morgan fingerprint density at radius 2 is 1.08 bits per heavy atom. The van der Waals surface area contributed by atoms with Crippen LogP contribution in [-0.2, 0) is 9.59 Å². The third kappa shape index (κ3) is 4.98. The number of carbonyl (C=O) groups is 2. The number of nitrogens with one attached hydrogen (secondary N) is 2. The van der Waals surface area contributed by atoms with Gasteiger partial charge in [0.25, 0.3) is 11.8 Å². The predicted molar refractivity (Wildman–Crippen MR) is 104 cm³/mol. The van der Waals surface area contributed by atoms with Gasteiger partial charge in [-0.2, -0.15) is 0 Å². The first kappa shape index (κ1) is 18.8.